The third kappa shape index (κ3) is 3.15. The molecule has 0 aromatic carbocycles. The summed E-state index contributed by atoms with van der Waals surface area (Å²) in [5, 5.41) is -0.822. The largest absolute Gasteiger partial charge is 0.392 e. The molecular weight excluding hydrogens is 260 g/mol. The van der Waals surface area contributed by atoms with Crippen LogP contribution in [0.4, 0.5) is 0 Å². The van der Waals surface area contributed by atoms with Gasteiger partial charge in [0.15, 0.2) is 0 Å². The van der Waals surface area contributed by atoms with E-state index in [4.69, 9.17) is 22.7 Å². The summed E-state index contributed by atoms with van der Waals surface area (Å²) in [5.41, 5.74) is 5.44. The summed E-state index contributed by atoms with van der Waals surface area (Å²) in [6.45, 7) is 6.14. The lowest BCUT2D eigenvalue weighted by Gasteiger charge is -2.38. The predicted octanol–water partition coefficient (Wildman–Crippen LogP) is 0.490. The monoisotopic (exact) mass is 280 g/mol. The van der Waals surface area contributed by atoms with E-state index in [2.05, 4.69) is 0 Å². The smallest absolute Gasteiger partial charge is 0.223 e. The maximum absolute atomic E-state index is 12.3. The van der Waals surface area contributed by atoms with Gasteiger partial charge in [-0.2, -0.15) is 4.31 Å². The van der Waals surface area contributed by atoms with Crippen LogP contribution < -0.4 is 5.73 Å². The lowest BCUT2D eigenvalue weighted by atomic mass is 10.2. The second kappa shape index (κ2) is 5.60. The van der Waals surface area contributed by atoms with Crippen molar-refractivity contribution in [3.8, 4) is 0 Å². The number of sulfonamides is 1. The van der Waals surface area contributed by atoms with Crippen molar-refractivity contribution < 1.29 is 13.2 Å². The summed E-state index contributed by atoms with van der Waals surface area (Å²) in [5.74, 6) is 0. The molecule has 1 heterocycles. The molecule has 0 aliphatic carbocycles. The standard InChI is InChI=1S/C10H20N2O3S2/c1-4-9-6-15-7(2)5-12(9)17(13,14)8(3)10(11)16/h7-9H,4-6H2,1-3H3,(H2,11,16). The molecule has 0 bridgehead atoms. The third-order valence-corrected chi connectivity index (χ3v) is 5.81. The molecule has 7 heteroatoms. The minimum Gasteiger partial charge on any atom is -0.392 e. The Morgan fingerprint density at radius 3 is 2.71 bits per heavy atom. The van der Waals surface area contributed by atoms with Crippen LogP contribution in [0, 0.1) is 0 Å². The zero-order valence-electron chi connectivity index (χ0n) is 10.4. The Kier molecular flexibility index (Phi) is 4.88. The highest BCUT2D eigenvalue weighted by molar-refractivity contribution is 7.92. The fourth-order valence-corrected chi connectivity index (χ4v) is 3.90. The second-order valence-electron chi connectivity index (χ2n) is 4.37. The van der Waals surface area contributed by atoms with E-state index < -0.39 is 15.3 Å². The number of morpholine rings is 1. The van der Waals surface area contributed by atoms with Gasteiger partial charge in [-0.15, -0.1) is 0 Å². The minimum absolute atomic E-state index is 0.0130. The first-order chi connectivity index (χ1) is 7.80. The van der Waals surface area contributed by atoms with Crippen LogP contribution in [-0.2, 0) is 14.8 Å². The van der Waals surface area contributed by atoms with Crippen LogP contribution in [0.3, 0.4) is 0 Å². The van der Waals surface area contributed by atoms with E-state index in [9.17, 15) is 8.42 Å². The Labute approximate surface area is 108 Å². The van der Waals surface area contributed by atoms with Crippen LogP contribution in [0.5, 0.6) is 0 Å². The van der Waals surface area contributed by atoms with Gasteiger partial charge in [-0.3, -0.25) is 0 Å². The van der Waals surface area contributed by atoms with Crippen LogP contribution in [-0.4, -0.2) is 48.3 Å². The lowest BCUT2D eigenvalue weighted by molar-refractivity contribution is -0.0231. The molecule has 17 heavy (non-hydrogen) atoms. The molecule has 3 atom stereocenters. The Morgan fingerprint density at radius 2 is 2.24 bits per heavy atom. The molecule has 0 radical (unpaired) electrons. The number of nitrogens with two attached hydrogens (primary N) is 1. The molecule has 2 N–H and O–H groups in total. The highest BCUT2D eigenvalue weighted by Crippen LogP contribution is 2.21. The maximum Gasteiger partial charge on any atom is 0.223 e. The summed E-state index contributed by atoms with van der Waals surface area (Å²) in [6, 6.07) is -0.118. The van der Waals surface area contributed by atoms with Crippen LogP contribution in [0.15, 0.2) is 0 Å². The summed E-state index contributed by atoms with van der Waals surface area (Å²) >= 11 is 4.78. The van der Waals surface area contributed by atoms with Gasteiger partial charge < -0.3 is 10.5 Å². The Bertz CT molecular complexity index is 383. The van der Waals surface area contributed by atoms with Crippen LogP contribution in [0.25, 0.3) is 0 Å². The number of rotatable bonds is 4. The van der Waals surface area contributed by atoms with E-state index >= 15 is 0 Å². The van der Waals surface area contributed by atoms with Gasteiger partial charge in [-0.25, -0.2) is 8.42 Å². The zero-order valence-corrected chi connectivity index (χ0v) is 12.1. The molecule has 1 aliphatic rings. The molecule has 1 saturated heterocycles. The van der Waals surface area contributed by atoms with Gasteiger partial charge in [0.25, 0.3) is 0 Å². The van der Waals surface area contributed by atoms with Crippen molar-refractivity contribution in [2.45, 2.75) is 44.6 Å². The topological polar surface area (TPSA) is 72.6 Å². The van der Waals surface area contributed by atoms with Crippen LogP contribution in [0.1, 0.15) is 27.2 Å². The van der Waals surface area contributed by atoms with Gasteiger partial charge in [0.05, 0.1) is 17.7 Å². The van der Waals surface area contributed by atoms with Crippen molar-refractivity contribution in [1.82, 2.24) is 4.31 Å². The fraction of sp³-hybridized carbons (Fsp3) is 0.900. The third-order valence-electron chi connectivity index (χ3n) is 3.06. The Morgan fingerprint density at radius 1 is 1.65 bits per heavy atom. The summed E-state index contributed by atoms with van der Waals surface area (Å²) in [7, 11) is -3.47. The van der Waals surface area contributed by atoms with Crippen molar-refractivity contribution in [2.24, 2.45) is 5.73 Å². The highest BCUT2D eigenvalue weighted by atomic mass is 32.2. The first-order valence-corrected chi connectivity index (χ1v) is 7.63. The van der Waals surface area contributed by atoms with Gasteiger partial charge in [0.1, 0.15) is 5.25 Å². The molecule has 3 unspecified atom stereocenters. The highest BCUT2D eigenvalue weighted by Gasteiger charge is 2.38. The van der Waals surface area contributed by atoms with E-state index in [0.717, 1.165) is 6.42 Å². The van der Waals surface area contributed by atoms with Crippen LogP contribution >= 0.6 is 12.2 Å². The lowest BCUT2D eigenvalue weighted by Crippen LogP contribution is -2.55. The summed E-state index contributed by atoms with van der Waals surface area (Å²) in [6.07, 6.45) is 0.627. The van der Waals surface area contributed by atoms with E-state index in [1.54, 1.807) is 0 Å². The first-order valence-electron chi connectivity index (χ1n) is 5.72. The van der Waals surface area contributed by atoms with Crippen molar-refractivity contribution in [3.63, 3.8) is 0 Å². The molecule has 0 aromatic heterocycles. The fourth-order valence-electron chi connectivity index (χ4n) is 1.80. The SMILES string of the molecule is CCC1COC(C)CN1S(=O)(=O)C(C)C(N)=S. The van der Waals surface area contributed by atoms with E-state index in [1.807, 2.05) is 13.8 Å². The normalized spacial score (nSPS) is 28.9. The van der Waals surface area contributed by atoms with Gasteiger partial charge in [-0.05, 0) is 20.3 Å². The summed E-state index contributed by atoms with van der Waals surface area (Å²) in [4.78, 5) is 0.0130. The number of hydrogen-bond donors (Lipinski definition) is 1. The van der Waals surface area contributed by atoms with Crippen molar-refractivity contribution in [1.29, 1.82) is 0 Å². The average molecular weight is 280 g/mol. The molecule has 1 aliphatic heterocycles. The second-order valence-corrected chi connectivity index (χ2v) is 7.04. The quantitative estimate of drug-likeness (QED) is 0.759. The zero-order chi connectivity index (χ0) is 13.2. The molecule has 5 nitrogen and oxygen atoms in total. The van der Waals surface area contributed by atoms with Gasteiger partial charge in [0.2, 0.25) is 10.0 Å². The van der Waals surface area contributed by atoms with Crippen molar-refractivity contribution in [2.75, 3.05) is 13.2 Å². The maximum atomic E-state index is 12.3. The number of thiocarbonyl (C=S) groups is 1. The summed E-state index contributed by atoms with van der Waals surface area (Å²) < 4.78 is 31.7. The Balaban J connectivity index is 2.98. The number of ether oxygens (including phenoxy) is 1. The van der Waals surface area contributed by atoms with E-state index in [1.165, 1.54) is 11.2 Å². The predicted molar refractivity (Wildman–Crippen MR) is 71.4 cm³/mol. The Hall–Kier alpha value is -0.240. The molecule has 0 amide bonds. The van der Waals surface area contributed by atoms with Gasteiger partial charge >= 0.3 is 0 Å². The molecular formula is C10H20N2O3S2. The molecule has 1 rings (SSSR count). The van der Waals surface area contributed by atoms with E-state index in [-0.39, 0.29) is 17.1 Å². The molecule has 0 aromatic rings. The van der Waals surface area contributed by atoms with Crippen LogP contribution in [0.2, 0.25) is 0 Å². The van der Waals surface area contributed by atoms with Gasteiger partial charge in [-0.1, -0.05) is 19.1 Å². The number of nitrogens with zero attached hydrogens (tertiary/aromatic N) is 1. The molecule has 0 saturated carbocycles. The first kappa shape index (κ1) is 14.8. The average Bonchev–Trinajstić information content (AvgIpc) is 2.27. The number of hydrogen-bond acceptors (Lipinski definition) is 4. The van der Waals surface area contributed by atoms with Crippen molar-refractivity contribution in [3.05, 3.63) is 0 Å². The minimum atomic E-state index is -3.47. The molecule has 1 fully saturated rings. The van der Waals surface area contributed by atoms with E-state index in [0.29, 0.717) is 13.2 Å². The molecule has 100 valence electrons. The van der Waals surface area contributed by atoms with Gasteiger partial charge in [0, 0.05) is 12.6 Å². The molecule has 0 spiro atoms. The van der Waals surface area contributed by atoms with Crippen molar-refractivity contribution >= 4 is 27.2 Å².